The van der Waals surface area contributed by atoms with Crippen molar-refractivity contribution in [1.82, 2.24) is 49.9 Å². The number of hydrogen-bond acceptors (Lipinski definition) is 12. The number of rotatable bonds is 8. The molecule has 2 aromatic carbocycles. The molecule has 4 aromatic heterocycles. The van der Waals surface area contributed by atoms with Gasteiger partial charge in [0, 0.05) is 65.0 Å². The number of likely N-dealkylation sites (tertiary alicyclic amines) is 2. The van der Waals surface area contributed by atoms with Crippen molar-refractivity contribution >= 4 is 45.5 Å². The third kappa shape index (κ3) is 8.50. The first-order chi connectivity index (χ1) is 26.9. The number of halogens is 2. The lowest BCUT2D eigenvalue weighted by Crippen LogP contribution is -2.52. The molecule has 1 atom stereocenters. The number of nitrogens with two attached hydrogens (primary N) is 2. The molecular formula is C40H42F2N12O2. The Hall–Kier alpha value is -6.26. The minimum atomic E-state index is -0.326. The molecule has 288 valence electrons. The molecule has 2 aliphatic rings. The van der Waals surface area contributed by atoms with Gasteiger partial charge in [-0.15, -0.1) is 0 Å². The van der Waals surface area contributed by atoms with Crippen LogP contribution < -0.4 is 16.8 Å². The van der Waals surface area contributed by atoms with E-state index in [2.05, 4.69) is 45.0 Å². The lowest BCUT2D eigenvalue weighted by molar-refractivity contribution is -0.138. The Bertz CT molecular complexity index is 2420. The second-order valence-corrected chi connectivity index (χ2v) is 14.3. The van der Waals surface area contributed by atoms with Gasteiger partial charge < -0.3 is 21.7 Å². The molecule has 2 saturated heterocycles. The average molecular weight is 761 g/mol. The molecule has 16 heteroatoms. The number of pyridine rings is 2. The van der Waals surface area contributed by atoms with Crippen LogP contribution in [0.2, 0.25) is 0 Å². The molecule has 0 aliphatic carbocycles. The number of hydrogen-bond donors (Lipinski definition) is 3. The molecular weight excluding hydrogens is 719 g/mol. The predicted molar refractivity (Wildman–Crippen MR) is 209 cm³/mol. The first kappa shape index (κ1) is 38.0. The van der Waals surface area contributed by atoms with Crippen LogP contribution in [0.25, 0.3) is 44.6 Å². The molecule has 14 nitrogen and oxygen atoms in total. The number of carbonyl (C=O) groups excluding carboxylic acids is 2. The van der Waals surface area contributed by atoms with Gasteiger partial charge in [-0.25, -0.2) is 38.7 Å². The molecule has 5 N–H and O–H groups in total. The number of nitrogens with zero attached hydrogens (tertiary/aromatic N) is 9. The summed E-state index contributed by atoms with van der Waals surface area (Å²) in [5.74, 6) is 0.138. The Morgan fingerprint density at radius 1 is 0.732 bits per heavy atom. The Morgan fingerprint density at radius 2 is 1.23 bits per heavy atom. The highest BCUT2D eigenvalue weighted by atomic mass is 19.1. The number of carbonyl (C=O) groups is 2. The van der Waals surface area contributed by atoms with Gasteiger partial charge in [0.1, 0.15) is 35.3 Å². The van der Waals surface area contributed by atoms with Crippen LogP contribution in [0.15, 0.2) is 73.3 Å². The van der Waals surface area contributed by atoms with E-state index in [1.807, 2.05) is 12.1 Å². The maximum atomic E-state index is 14.3. The van der Waals surface area contributed by atoms with Crippen LogP contribution in [0.1, 0.15) is 17.5 Å². The normalized spacial score (nSPS) is 16.0. The van der Waals surface area contributed by atoms with Gasteiger partial charge in [0.15, 0.2) is 11.6 Å². The molecule has 2 fully saturated rings. The van der Waals surface area contributed by atoms with Crippen molar-refractivity contribution in [3.05, 3.63) is 96.1 Å². The van der Waals surface area contributed by atoms with E-state index >= 15 is 0 Å². The van der Waals surface area contributed by atoms with Crippen LogP contribution in [-0.2, 0) is 22.7 Å². The van der Waals surface area contributed by atoms with E-state index in [-0.39, 0.29) is 35.3 Å². The lowest BCUT2D eigenvalue weighted by Gasteiger charge is -2.39. The van der Waals surface area contributed by atoms with Crippen LogP contribution >= 0.6 is 0 Å². The van der Waals surface area contributed by atoms with Crippen LogP contribution in [-0.4, -0.2) is 104 Å². The van der Waals surface area contributed by atoms with Crippen molar-refractivity contribution in [2.45, 2.75) is 19.5 Å². The number of aromatic nitrogens is 6. The molecule has 6 aromatic rings. The third-order valence-corrected chi connectivity index (χ3v) is 9.98. The van der Waals surface area contributed by atoms with Crippen molar-refractivity contribution in [2.24, 2.45) is 11.8 Å². The highest BCUT2D eigenvalue weighted by Gasteiger charge is 2.33. The van der Waals surface area contributed by atoms with Gasteiger partial charge in [-0.2, -0.15) is 0 Å². The summed E-state index contributed by atoms with van der Waals surface area (Å²) in [6.07, 6.45) is 3.59. The van der Waals surface area contributed by atoms with E-state index in [1.54, 1.807) is 50.3 Å². The molecule has 8 rings (SSSR count). The fourth-order valence-corrected chi connectivity index (χ4v) is 7.15. The Balaban J connectivity index is 0.000000172. The summed E-state index contributed by atoms with van der Waals surface area (Å²) in [7, 11) is 5.18. The highest BCUT2D eigenvalue weighted by molar-refractivity contribution is 5.87. The van der Waals surface area contributed by atoms with E-state index in [4.69, 9.17) is 11.5 Å². The Morgan fingerprint density at radius 3 is 1.73 bits per heavy atom. The molecule has 0 saturated carbocycles. The number of fused-ring (bicyclic) bond motifs is 2. The van der Waals surface area contributed by atoms with Gasteiger partial charge in [0.2, 0.25) is 11.8 Å². The van der Waals surface area contributed by atoms with Crippen molar-refractivity contribution < 1.29 is 18.4 Å². The van der Waals surface area contributed by atoms with Crippen LogP contribution in [0.5, 0.6) is 0 Å². The maximum absolute atomic E-state index is 14.3. The summed E-state index contributed by atoms with van der Waals surface area (Å²) in [6, 6.07) is 17.0. The minimum absolute atomic E-state index is 0.0110. The quantitative estimate of drug-likeness (QED) is 0.204. The number of nitrogens with one attached hydrogen (secondary N) is 1. The van der Waals surface area contributed by atoms with Gasteiger partial charge in [-0.05, 0) is 84.8 Å². The molecule has 0 spiro atoms. The number of benzene rings is 2. The smallest absolute Gasteiger partial charge is 0.227 e. The highest BCUT2D eigenvalue weighted by Crippen LogP contribution is 2.28. The summed E-state index contributed by atoms with van der Waals surface area (Å²) in [6.45, 7) is 4.02. The van der Waals surface area contributed by atoms with Gasteiger partial charge in [0.25, 0.3) is 0 Å². The fourth-order valence-electron chi connectivity index (χ4n) is 7.15. The standard InChI is InChI=1S/2C20H21FN6O/c1-26(2)20(28)14-9-27(10-14)8-12-5-13(7-15(21)6-12)16-3-4-17-18(25-16)19(22)24-11-23-17;1-23-20(28)13-4-5-27(10-13)9-12-6-14(8-15(21)7-12)16-2-3-17-18(26-16)19(22)25-11-24-17/h3-7,11,14H,8-10H2,1-2H3,(H2,22,23,24);2-3,6-8,11,13H,4-5,9-10H2,1H3,(H,23,28)(H2,22,24,25). The summed E-state index contributed by atoms with van der Waals surface area (Å²) >= 11 is 0. The average Bonchev–Trinajstić information content (AvgIpc) is 3.64. The van der Waals surface area contributed by atoms with E-state index in [0.29, 0.717) is 88.9 Å². The number of amides is 2. The Kier molecular flexibility index (Phi) is 11.0. The Labute approximate surface area is 322 Å². The zero-order valence-corrected chi connectivity index (χ0v) is 31.3. The van der Waals surface area contributed by atoms with Gasteiger partial charge >= 0.3 is 0 Å². The third-order valence-electron chi connectivity index (χ3n) is 9.98. The van der Waals surface area contributed by atoms with E-state index in [0.717, 1.165) is 24.1 Å². The summed E-state index contributed by atoms with van der Waals surface area (Å²) in [5, 5.41) is 2.70. The topological polar surface area (TPSA) is 185 Å². The van der Waals surface area contributed by atoms with E-state index in [1.165, 1.54) is 36.9 Å². The van der Waals surface area contributed by atoms with Crippen molar-refractivity contribution in [2.75, 3.05) is 58.8 Å². The number of nitrogen functional groups attached to an aromatic ring is 2. The maximum Gasteiger partial charge on any atom is 0.227 e. The SMILES string of the molecule is CN(C)C(=O)C1CN(Cc2cc(F)cc(-c3ccc4ncnc(N)c4n3)c2)C1.CNC(=O)C1CCN(Cc2cc(F)cc(-c3ccc4ncnc(N)c4n3)c2)C1. The van der Waals surface area contributed by atoms with Gasteiger partial charge in [-0.1, -0.05) is 0 Å². The second-order valence-electron chi connectivity index (χ2n) is 14.3. The fraction of sp³-hybridized carbons (Fsp3) is 0.300. The molecule has 6 heterocycles. The van der Waals surface area contributed by atoms with Crippen LogP contribution in [0.4, 0.5) is 20.4 Å². The van der Waals surface area contributed by atoms with Gasteiger partial charge in [-0.3, -0.25) is 19.4 Å². The van der Waals surface area contributed by atoms with E-state index in [9.17, 15) is 18.4 Å². The lowest BCUT2D eigenvalue weighted by atomic mass is 9.97. The molecule has 2 aliphatic heterocycles. The number of anilines is 2. The van der Waals surface area contributed by atoms with E-state index < -0.39 is 0 Å². The second kappa shape index (κ2) is 16.2. The molecule has 1 unspecified atom stereocenters. The zero-order valence-electron chi connectivity index (χ0n) is 31.3. The first-order valence-electron chi connectivity index (χ1n) is 18.2. The van der Waals surface area contributed by atoms with Crippen LogP contribution in [0.3, 0.4) is 0 Å². The first-order valence-corrected chi connectivity index (χ1v) is 18.2. The minimum Gasteiger partial charge on any atom is -0.382 e. The largest absolute Gasteiger partial charge is 0.382 e. The van der Waals surface area contributed by atoms with Crippen molar-refractivity contribution in [3.8, 4) is 22.5 Å². The summed E-state index contributed by atoms with van der Waals surface area (Å²) in [5.41, 5.74) is 18.3. The zero-order chi connectivity index (χ0) is 39.5. The van der Waals surface area contributed by atoms with Crippen molar-refractivity contribution in [1.29, 1.82) is 0 Å². The van der Waals surface area contributed by atoms with Gasteiger partial charge in [0.05, 0.1) is 34.3 Å². The molecule has 2 amide bonds. The monoisotopic (exact) mass is 760 g/mol. The van der Waals surface area contributed by atoms with Crippen LogP contribution in [0, 0.1) is 23.5 Å². The van der Waals surface area contributed by atoms with Crippen molar-refractivity contribution in [3.63, 3.8) is 0 Å². The molecule has 0 bridgehead atoms. The predicted octanol–water partition coefficient (Wildman–Crippen LogP) is 3.91. The summed E-state index contributed by atoms with van der Waals surface area (Å²) < 4.78 is 28.5. The molecule has 0 radical (unpaired) electrons. The molecule has 56 heavy (non-hydrogen) atoms. The summed E-state index contributed by atoms with van der Waals surface area (Å²) in [4.78, 5) is 54.9.